The van der Waals surface area contributed by atoms with Gasteiger partial charge in [-0.15, -0.1) is 0 Å². The Bertz CT molecular complexity index is 556. The average molecular weight is 276 g/mol. The van der Waals surface area contributed by atoms with Crippen LogP contribution in [-0.4, -0.2) is 15.1 Å². The van der Waals surface area contributed by atoms with Crippen molar-refractivity contribution in [1.82, 2.24) is 9.97 Å². The van der Waals surface area contributed by atoms with E-state index in [9.17, 15) is 5.11 Å². The fourth-order valence-corrected chi connectivity index (χ4v) is 2.64. The van der Waals surface area contributed by atoms with Gasteiger partial charge in [0.1, 0.15) is 11.6 Å². The molecule has 0 fully saturated rings. The molecule has 2 aromatic rings. The molecule has 5 nitrogen and oxygen atoms in total. The van der Waals surface area contributed by atoms with Gasteiger partial charge in [0.15, 0.2) is 5.16 Å². The Morgan fingerprint density at radius 3 is 2.47 bits per heavy atom. The van der Waals surface area contributed by atoms with E-state index in [1.54, 1.807) is 0 Å². The lowest BCUT2D eigenvalue weighted by molar-refractivity contribution is 0.171. The first-order valence-electron chi connectivity index (χ1n) is 5.95. The zero-order valence-electron chi connectivity index (χ0n) is 10.6. The van der Waals surface area contributed by atoms with Crippen molar-refractivity contribution in [2.75, 3.05) is 11.5 Å². The minimum atomic E-state index is -0.498. The highest BCUT2D eigenvalue weighted by molar-refractivity contribution is 7.99. The molecular formula is C13H16N4OS. The van der Waals surface area contributed by atoms with Crippen LogP contribution in [-0.2, 0) is 0 Å². The highest BCUT2D eigenvalue weighted by Crippen LogP contribution is 2.32. The minimum Gasteiger partial charge on any atom is -0.388 e. The first kappa shape index (κ1) is 13.6. The normalized spacial score (nSPS) is 12.3. The lowest BCUT2D eigenvalue weighted by atomic mass is 10.1. The van der Waals surface area contributed by atoms with E-state index >= 15 is 0 Å². The number of aromatic nitrogens is 2. The second-order valence-electron chi connectivity index (χ2n) is 4.06. The number of nitrogens with zero attached hydrogens (tertiary/aromatic N) is 2. The number of rotatable bonds is 4. The molecule has 2 rings (SSSR count). The molecule has 0 unspecified atom stereocenters. The minimum absolute atomic E-state index is 0.337. The molecule has 0 bridgehead atoms. The second kappa shape index (κ2) is 5.90. The predicted molar refractivity (Wildman–Crippen MR) is 76.7 cm³/mol. The standard InChI is InChI=1S/C13H16N4OS/c1-2-9(18)8-5-3-4-6-10(8)19-13-16-11(14)7-12(15)17-13/h3-7,9,18H,2H2,1H3,(H4,14,15,16,17)/t9-/m0/s1. The fraction of sp³-hybridized carbons (Fsp3) is 0.231. The van der Waals surface area contributed by atoms with Crippen molar-refractivity contribution in [2.24, 2.45) is 0 Å². The maximum atomic E-state index is 9.99. The van der Waals surface area contributed by atoms with Gasteiger partial charge in [0.05, 0.1) is 6.10 Å². The number of anilines is 2. The van der Waals surface area contributed by atoms with Gasteiger partial charge < -0.3 is 16.6 Å². The van der Waals surface area contributed by atoms with E-state index in [4.69, 9.17) is 11.5 Å². The van der Waals surface area contributed by atoms with Crippen LogP contribution in [0.1, 0.15) is 25.0 Å². The zero-order valence-corrected chi connectivity index (χ0v) is 11.4. The molecule has 0 aliphatic heterocycles. The van der Waals surface area contributed by atoms with Gasteiger partial charge >= 0.3 is 0 Å². The molecule has 0 saturated carbocycles. The van der Waals surface area contributed by atoms with Crippen molar-refractivity contribution in [3.8, 4) is 0 Å². The third kappa shape index (κ3) is 3.36. The van der Waals surface area contributed by atoms with Crippen LogP contribution in [0.15, 0.2) is 40.4 Å². The van der Waals surface area contributed by atoms with E-state index in [-0.39, 0.29) is 0 Å². The summed E-state index contributed by atoms with van der Waals surface area (Å²) in [5.74, 6) is 0.673. The third-order valence-electron chi connectivity index (χ3n) is 2.61. The Balaban J connectivity index is 2.32. The molecule has 1 atom stereocenters. The summed E-state index contributed by atoms with van der Waals surface area (Å²) in [5.41, 5.74) is 12.1. The number of hydrogen-bond donors (Lipinski definition) is 3. The molecule has 0 saturated heterocycles. The molecule has 0 aliphatic rings. The van der Waals surface area contributed by atoms with Crippen molar-refractivity contribution in [3.63, 3.8) is 0 Å². The molecule has 0 spiro atoms. The number of aliphatic hydroxyl groups is 1. The lowest BCUT2D eigenvalue weighted by Gasteiger charge is -2.13. The summed E-state index contributed by atoms with van der Waals surface area (Å²) < 4.78 is 0. The van der Waals surface area contributed by atoms with Crippen molar-refractivity contribution in [3.05, 3.63) is 35.9 Å². The second-order valence-corrected chi connectivity index (χ2v) is 5.07. The summed E-state index contributed by atoms with van der Waals surface area (Å²) in [7, 11) is 0. The molecular weight excluding hydrogens is 260 g/mol. The van der Waals surface area contributed by atoms with Gasteiger partial charge in [0.2, 0.25) is 0 Å². The van der Waals surface area contributed by atoms with E-state index in [1.165, 1.54) is 17.8 Å². The lowest BCUT2D eigenvalue weighted by Crippen LogP contribution is -2.01. The van der Waals surface area contributed by atoms with Crippen LogP contribution < -0.4 is 11.5 Å². The van der Waals surface area contributed by atoms with Gasteiger partial charge in [-0.1, -0.05) is 25.1 Å². The van der Waals surface area contributed by atoms with Gasteiger partial charge in [0, 0.05) is 11.0 Å². The molecule has 1 heterocycles. The van der Waals surface area contributed by atoms with Crippen molar-refractivity contribution in [1.29, 1.82) is 0 Å². The first-order valence-corrected chi connectivity index (χ1v) is 6.76. The highest BCUT2D eigenvalue weighted by atomic mass is 32.2. The van der Waals surface area contributed by atoms with E-state index in [2.05, 4.69) is 9.97 Å². The summed E-state index contributed by atoms with van der Waals surface area (Å²) in [5, 5.41) is 10.5. The maximum absolute atomic E-state index is 9.99. The molecule has 5 N–H and O–H groups in total. The topological polar surface area (TPSA) is 98.0 Å². The summed E-state index contributed by atoms with van der Waals surface area (Å²) in [6.45, 7) is 1.93. The Morgan fingerprint density at radius 2 is 1.84 bits per heavy atom. The highest BCUT2D eigenvalue weighted by Gasteiger charge is 2.12. The molecule has 0 amide bonds. The Kier molecular flexibility index (Phi) is 4.24. The van der Waals surface area contributed by atoms with Crippen LogP contribution in [0.4, 0.5) is 11.6 Å². The smallest absolute Gasteiger partial charge is 0.196 e. The molecule has 0 aliphatic carbocycles. The van der Waals surface area contributed by atoms with Crippen molar-refractivity contribution >= 4 is 23.4 Å². The SMILES string of the molecule is CC[C@H](O)c1ccccc1Sc1nc(N)cc(N)n1. The number of aliphatic hydroxyl groups excluding tert-OH is 1. The molecule has 1 aromatic heterocycles. The van der Waals surface area contributed by atoms with Crippen molar-refractivity contribution < 1.29 is 5.11 Å². The first-order chi connectivity index (χ1) is 9.10. The van der Waals surface area contributed by atoms with E-state index in [1.807, 2.05) is 31.2 Å². The quantitative estimate of drug-likeness (QED) is 0.741. The summed E-state index contributed by atoms with van der Waals surface area (Å²) >= 11 is 1.34. The van der Waals surface area contributed by atoms with E-state index in [0.717, 1.165) is 10.5 Å². The van der Waals surface area contributed by atoms with Crippen molar-refractivity contribution in [2.45, 2.75) is 29.5 Å². The van der Waals surface area contributed by atoms with Gasteiger partial charge in [-0.3, -0.25) is 0 Å². The zero-order chi connectivity index (χ0) is 13.8. The molecule has 0 radical (unpaired) electrons. The Morgan fingerprint density at radius 1 is 1.21 bits per heavy atom. The van der Waals surface area contributed by atoms with Crippen LogP contribution in [0.5, 0.6) is 0 Å². The van der Waals surface area contributed by atoms with Crippen LogP contribution in [0.2, 0.25) is 0 Å². The summed E-state index contributed by atoms with van der Waals surface area (Å²) in [6.07, 6.45) is 0.152. The summed E-state index contributed by atoms with van der Waals surface area (Å²) in [6, 6.07) is 9.13. The van der Waals surface area contributed by atoms with E-state index in [0.29, 0.717) is 23.2 Å². The predicted octanol–water partition coefficient (Wildman–Crippen LogP) is 2.24. The van der Waals surface area contributed by atoms with Gasteiger partial charge in [0.25, 0.3) is 0 Å². The third-order valence-corrected chi connectivity index (χ3v) is 3.57. The molecule has 19 heavy (non-hydrogen) atoms. The number of nitrogens with two attached hydrogens (primary N) is 2. The van der Waals surface area contributed by atoms with Crippen LogP contribution >= 0.6 is 11.8 Å². The molecule has 100 valence electrons. The Labute approximate surface area is 116 Å². The Hall–Kier alpha value is -1.79. The van der Waals surface area contributed by atoms with Crippen LogP contribution in [0, 0.1) is 0 Å². The number of nitrogen functional groups attached to an aromatic ring is 2. The van der Waals surface area contributed by atoms with Gasteiger partial charge in [-0.05, 0) is 29.8 Å². The number of benzene rings is 1. The van der Waals surface area contributed by atoms with Gasteiger partial charge in [-0.25, -0.2) is 9.97 Å². The van der Waals surface area contributed by atoms with Crippen LogP contribution in [0.25, 0.3) is 0 Å². The average Bonchev–Trinajstić information content (AvgIpc) is 2.37. The fourth-order valence-electron chi connectivity index (χ4n) is 1.67. The summed E-state index contributed by atoms with van der Waals surface area (Å²) in [4.78, 5) is 9.15. The molecule has 1 aromatic carbocycles. The van der Waals surface area contributed by atoms with Gasteiger partial charge in [-0.2, -0.15) is 0 Å². The monoisotopic (exact) mass is 276 g/mol. The molecule has 6 heteroatoms. The largest absolute Gasteiger partial charge is 0.388 e. The van der Waals surface area contributed by atoms with Crippen LogP contribution in [0.3, 0.4) is 0 Å². The maximum Gasteiger partial charge on any atom is 0.196 e. The van der Waals surface area contributed by atoms with E-state index < -0.39 is 6.10 Å². The number of hydrogen-bond acceptors (Lipinski definition) is 6.